The molecule has 4 nitrogen and oxygen atoms in total. The lowest BCUT2D eigenvalue weighted by molar-refractivity contribution is 0.101. The van der Waals surface area contributed by atoms with E-state index in [2.05, 4.69) is 16.4 Å². The van der Waals surface area contributed by atoms with Gasteiger partial charge in [0.15, 0.2) is 0 Å². The van der Waals surface area contributed by atoms with Crippen molar-refractivity contribution < 1.29 is 4.79 Å². The van der Waals surface area contributed by atoms with Crippen molar-refractivity contribution in [2.24, 2.45) is 0 Å². The minimum absolute atomic E-state index is 0.119. The minimum atomic E-state index is -0.119. The van der Waals surface area contributed by atoms with Gasteiger partial charge in [0.05, 0.1) is 0 Å². The quantitative estimate of drug-likeness (QED) is 0.795. The Bertz CT molecular complexity index is 831. The SMILES string of the molecule is CCn1c(C(=O)Nc2ccc(C)cn2)c(C)c2ccccc21. The summed E-state index contributed by atoms with van der Waals surface area (Å²) in [5.41, 5.74) is 3.86. The molecule has 112 valence electrons. The highest BCUT2D eigenvalue weighted by Crippen LogP contribution is 2.26. The first-order valence-corrected chi connectivity index (χ1v) is 7.43. The Morgan fingerprint density at radius 1 is 1.18 bits per heavy atom. The Hall–Kier alpha value is -2.62. The third kappa shape index (κ3) is 2.37. The lowest BCUT2D eigenvalue weighted by atomic mass is 10.1. The average Bonchev–Trinajstić information content (AvgIpc) is 2.82. The predicted molar refractivity (Wildman–Crippen MR) is 89.3 cm³/mol. The fourth-order valence-electron chi connectivity index (χ4n) is 2.82. The van der Waals surface area contributed by atoms with Crippen LogP contribution >= 0.6 is 0 Å². The molecule has 0 bridgehead atoms. The van der Waals surface area contributed by atoms with Gasteiger partial charge in [-0.3, -0.25) is 4.79 Å². The number of nitrogens with one attached hydrogen (secondary N) is 1. The normalized spacial score (nSPS) is 10.9. The highest BCUT2D eigenvalue weighted by Gasteiger charge is 2.19. The number of carbonyl (C=O) groups is 1. The third-order valence-electron chi connectivity index (χ3n) is 3.91. The van der Waals surface area contributed by atoms with Crippen molar-refractivity contribution >= 4 is 22.6 Å². The van der Waals surface area contributed by atoms with E-state index in [0.29, 0.717) is 11.5 Å². The predicted octanol–water partition coefficient (Wildman–Crippen LogP) is 3.93. The molecule has 3 aromatic rings. The van der Waals surface area contributed by atoms with Gasteiger partial charge in [-0.15, -0.1) is 0 Å². The third-order valence-corrected chi connectivity index (χ3v) is 3.91. The number of hydrogen-bond acceptors (Lipinski definition) is 2. The highest BCUT2D eigenvalue weighted by molar-refractivity contribution is 6.08. The van der Waals surface area contributed by atoms with Crippen LogP contribution < -0.4 is 5.32 Å². The fourth-order valence-corrected chi connectivity index (χ4v) is 2.82. The molecular formula is C18H19N3O. The number of amides is 1. The van der Waals surface area contributed by atoms with Crippen LogP contribution in [0.15, 0.2) is 42.6 Å². The lowest BCUT2D eigenvalue weighted by Crippen LogP contribution is -2.18. The van der Waals surface area contributed by atoms with E-state index in [-0.39, 0.29) is 5.91 Å². The largest absolute Gasteiger partial charge is 0.337 e. The smallest absolute Gasteiger partial charge is 0.273 e. The second kappa shape index (κ2) is 5.64. The molecule has 0 aliphatic carbocycles. The van der Waals surface area contributed by atoms with Crippen molar-refractivity contribution in [3.8, 4) is 0 Å². The van der Waals surface area contributed by atoms with Crippen LogP contribution in [-0.2, 0) is 6.54 Å². The number of nitrogens with zero attached hydrogens (tertiary/aromatic N) is 2. The monoisotopic (exact) mass is 293 g/mol. The van der Waals surface area contributed by atoms with Gasteiger partial charge in [-0.25, -0.2) is 4.98 Å². The van der Waals surface area contributed by atoms with Gasteiger partial charge in [-0.05, 0) is 44.0 Å². The summed E-state index contributed by atoms with van der Waals surface area (Å²) in [6, 6.07) is 11.9. The van der Waals surface area contributed by atoms with Crippen LogP contribution in [0.3, 0.4) is 0 Å². The molecule has 0 unspecified atom stereocenters. The van der Waals surface area contributed by atoms with E-state index in [1.807, 2.05) is 55.7 Å². The van der Waals surface area contributed by atoms with Crippen molar-refractivity contribution in [1.29, 1.82) is 0 Å². The molecule has 0 fully saturated rings. The van der Waals surface area contributed by atoms with Crippen LogP contribution in [0.2, 0.25) is 0 Å². The molecule has 0 spiro atoms. The van der Waals surface area contributed by atoms with Crippen molar-refractivity contribution in [3.05, 3.63) is 59.4 Å². The molecule has 0 aliphatic rings. The molecule has 0 atom stereocenters. The molecule has 0 saturated heterocycles. The van der Waals surface area contributed by atoms with Gasteiger partial charge in [-0.1, -0.05) is 24.3 Å². The number of para-hydroxylation sites is 1. The van der Waals surface area contributed by atoms with E-state index < -0.39 is 0 Å². The second-order valence-corrected chi connectivity index (χ2v) is 5.41. The maximum Gasteiger partial charge on any atom is 0.273 e. The van der Waals surface area contributed by atoms with E-state index in [0.717, 1.165) is 28.6 Å². The number of fused-ring (bicyclic) bond motifs is 1. The van der Waals surface area contributed by atoms with Crippen molar-refractivity contribution in [2.75, 3.05) is 5.32 Å². The van der Waals surface area contributed by atoms with Crippen LogP contribution in [0.25, 0.3) is 10.9 Å². The minimum Gasteiger partial charge on any atom is -0.337 e. The van der Waals surface area contributed by atoms with E-state index in [1.165, 1.54) is 0 Å². The Labute approximate surface area is 129 Å². The molecule has 1 amide bonds. The summed E-state index contributed by atoms with van der Waals surface area (Å²) in [6.45, 7) is 6.76. The number of pyridine rings is 1. The summed E-state index contributed by atoms with van der Waals surface area (Å²) in [5, 5.41) is 4.01. The van der Waals surface area contributed by atoms with Gasteiger partial charge < -0.3 is 9.88 Å². The Kier molecular flexibility index (Phi) is 3.67. The van der Waals surface area contributed by atoms with Gasteiger partial charge in [0.25, 0.3) is 5.91 Å². The maximum atomic E-state index is 12.7. The molecule has 1 aromatic carbocycles. The summed E-state index contributed by atoms with van der Waals surface area (Å²) in [7, 11) is 0. The summed E-state index contributed by atoms with van der Waals surface area (Å²) >= 11 is 0. The summed E-state index contributed by atoms with van der Waals surface area (Å²) < 4.78 is 2.05. The first-order chi connectivity index (χ1) is 10.6. The zero-order valence-electron chi connectivity index (χ0n) is 13.1. The van der Waals surface area contributed by atoms with Crippen molar-refractivity contribution in [3.63, 3.8) is 0 Å². The molecule has 0 radical (unpaired) electrons. The Morgan fingerprint density at radius 3 is 2.64 bits per heavy atom. The van der Waals surface area contributed by atoms with Crippen LogP contribution in [-0.4, -0.2) is 15.5 Å². The number of benzene rings is 1. The molecule has 0 saturated carbocycles. The number of hydrogen-bond donors (Lipinski definition) is 1. The first kappa shape index (κ1) is 14.3. The molecule has 3 rings (SSSR count). The van der Waals surface area contributed by atoms with Crippen LogP contribution in [0.4, 0.5) is 5.82 Å². The van der Waals surface area contributed by atoms with Crippen LogP contribution in [0.5, 0.6) is 0 Å². The second-order valence-electron chi connectivity index (χ2n) is 5.41. The maximum absolute atomic E-state index is 12.7. The number of anilines is 1. The average molecular weight is 293 g/mol. The Morgan fingerprint density at radius 2 is 1.95 bits per heavy atom. The van der Waals surface area contributed by atoms with Crippen LogP contribution in [0.1, 0.15) is 28.5 Å². The lowest BCUT2D eigenvalue weighted by Gasteiger charge is -2.09. The molecule has 2 aromatic heterocycles. The fraction of sp³-hybridized carbons (Fsp3) is 0.222. The van der Waals surface area contributed by atoms with E-state index in [9.17, 15) is 4.79 Å². The zero-order valence-corrected chi connectivity index (χ0v) is 13.1. The molecule has 4 heteroatoms. The number of carbonyl (C=O) groups excluding carboxylic acids is 1. The number of aromatic nitrogens is 2. The van der Waals surface area contributed by atoms with Gasteiger partial charge in [-0.2, -0.15) is 0 Å². The Balaban J connectivity index is 2.03. The number of aryl methyl sites for hydroxylation is 3. The van der Waals surface area contributed by atoms with E-state index in [1.54, 1.807) is 6.20 Å². The zero-order chi connectivity index (χ0) is 15.7. The van der Waals surface area contributed by atoms with Gasteiger partial charge in [0.2, 0.25) is 0 Å². The molecular weight excluding hydrogens is 274 g/mol. The number of rotatable bonds is 3. The van der Waals surface area contributed by atoms with Gasteiger partial charge >= 0.3 is 0 Å². The molecule has 1 N–H and O–H groups in total. The standard InChI is InChI=1S/C18H19N3O/c1-4-21-15-8-6-5-7-14(15)13(3)17(21)18(22)20-16-10-9-12(2)11-19-16/h5-11H,4H2,1-3H3,(H,19,20,22). The van der Waals surface area contributed by atoms with Crippen LogP contribution in [0, 0.1) is 13.8 Å². The van der Waals surface area contributed by atoms with E-state index >= 15 is 0 Å². The molecule has 0 aliphatic heterocycles. The van der Waals surface area contributed by atoms with E-state index in [4.69, 9.17) is 0 Å². The summed E-state index contributed by atoms with van der Waals surface area (Å²) in [6.07, 6.45) is 1.75. The van der Waals surface area contributed by atoms with Crippen molar-refractivity contribution in [2.45, 2.75) is 27.3 Å². The summed E-state index contributed by atoms with van der Waals surface area (Å²) in [5.74, 6) is 0.454. The topological polar surface area (TPSA) is 46.9 Å². The van der Waals surface area contributed by atoms with Gasteiger partial charge in [0, 0.05) is 23.6 Å². The first-order valence-electron chi connectivity index (χ1n) is 7.43. The molecule has 22 heavy (non-hydrogen) atoms. The highest BCUT2D eigenvalue weighted by atomic mass is 16.2. The summed E-state index contributed by atoms with van der Waals surface area (Å²) in [4.78, 5) is 16.9. The van der Waals surface area contributed by atoms with Gasteiger partial charge in [0.1, 0.15) is 11.5 Å². The van der Waals surface area contributed by atoms with Crippen molar-refractivity contribution in [1.82, 2.24) is 9.55 Å². The molecule has 2 heterocycles.